The Balaban J connectivity index is 2.21. The summed E-state index contributed by atoms with van der Waals surface area (Å²) in [6, 6.07) is 0. The fraction of sp³-hybridized carbons (Fsp3) is 0.300. The predicted molar refractivity (Wildman–Crippen MR) is 66.9 cm³/mol. The Morgan fingerprint density at radius 2 is 2.06 bits per heavy atom. The van der Waals surface area contributed by atoms with Gasteiger partial charge in [-0.05, 0) is 21.8 Å². The highest BCUT2D eigenvalue weighted by Crippen LogP contribution is 2.21. The molecule has 0 bridgehead atoms. The van der Waals surface area contributed by atoms with Crippen molar-refractivity contribution in [2.24, 2.45) is 0 Å². The molecule has 90 valence electrons. The van der Waals surface area contributed by atoms with E-state index in [1.54, 1.807) is 6.20 Å². The van der Waals surface area contributed by atoms with Crippen LogP contribution in [0.3, 0.4) is 0 Å². The Kier molecular flexibility index (Phi) is 3.28. The van der Waals surface area contributed by atoms with Crippen LogP contribution in [0.25, 0.3) is 0 Å². The van der Waals surface area contributed by atoms with Crippen molar-refractivity contribution in [3.05, 3.63) is 28.3 Å². The highest BCUT2D eigenvalue weighted by atomic mass is 79.9. The molecule has 17 heavy (non-hydrogen) atoms. The second kappa shape index (κ2) is 4.70. The van der Waals surface area contributed by atoms with Gasteiger partial charge in [-0.3, -0.25) is 15.0 Å². The van der Waals surface area contributed by atoms with E-state index in [2.05, 4.69) is 41.6 Å². The van der Waals surface area contributed by atoms with E-state index in [1.165, 1.54) is 6.20 Å². The van der Waals surface area contributed by atoms with Gasteiger partial charge in [0.15, 0.2) is 0 Å². The summed E-state index contributed by atoms with van der Waals surface area (Å²) < 4.78 is 0.636. The molecule has 7 heteroatoms. The third kappa shape index (κ3) is 2.38. The van der Waals surface area contributed by atoms with Crippen molar-refractivity contribution < 1.29 is 4.79 Å². The Bertz CT molecular complexity index is 530. The minimum absolute atomic E-state index is 0.228. The maximum atomic E-state index is 12.0. The van der Waals surface area contributed by atoms with Gasteiger partial charge in [0.2, 0.25) is 0 Å². The summed E-state index contributed by atoms with van der Waals surface area (Å²) in [5.41, 5.74) is 1.97. The number of nitrogens with one attached hydrogen (secondary N) is 3. The molecule has 0 fully saturated rings. The lowest BCUT2D eigenvalue weighted by atomic mass is 10.0. The molecule has 0 radical (unpaired) electrons. The first kappa shape index (κ1) is 11.8. The molecule has 0 unspecified atom stereocenters. The number of aromatic nitrogens is 4. The zero-order valence-corrected chi connectivity index (χ0v) is 11.0. The summed E-state index contributed by atoms with van der Waals surface area (Å²) in [6.07, 6.45) is 3.21. The predicted octanol–water partition coefficient (Wildman–Crippen LogP) is 2.27. The van der Waals surface area contributed by atoms with Gasteiger partial charge in [-0.15, -0.1) is 0 Å². The van der Waals surface area contributed by atoms with Crippen molar-refractivity contribution in [2.75, 3.05) is 5.32 Å². The largest absolute Gasteiger partial charge is 0.317 e. The van der Waals surface area contributed by atoms with Gasteiger partial charge in [-0.1, -0.05) is 13.8 Å². The monoisotopic (exact) mass is 297 g/mol. The topological polar surface area (TPSA) is 86.5 Å². The number of nitrogens with zero attached hydrogens (tertiary/aromatic N) is 2. The molecule has 0 atom stereocenters. The first-order valence-corrected chi connectivity index (χ1v) is 5.92. The second-order valence-corrected chi connectivity index (χ2v) is 4.70. The van der Waals surface area contributed by atoms with Crippen molar-refractivity contribution in [3.63, 3.8) is 0 Å². The van der Waals surface area contributed by atoms with E-state index in [0.29, 0.717) is 16.0 Å². The van der Waals surface area contributed by atoms with Crippen molar-refractivity contribution in [2.45, 2.75) is 19.8 Å². The quantitative estimate of drug-likeness (QED) is 0.812. The molecule has 0 spiro atoms. The first-order valence-electron chi connectivity index (χ1n) is 5.13. The highest BCUT2D eigenvalue weighted by molar-refractivity contribution is 9.10. The average Bonchev–Trinajstić information content (AvgIpc) is 2.87. The molecule has 1 amide bonds. The van der Waals surface area contributed by atoms with Gasteiger partial charge in [0.25, 0.3) is 5.91 Å². The molecule has 0 saturated heterocycles. The number of hydrogen-bond acceptors (Lipinski definition) is 3. The van der Waals surface area contributed by atoms with Crippen LogP contribution in [0.1, 0.15) is 35.8 Å². The van der Waals surface area contributed by atoms with E-state index < -0.39 is 0 Å². The molecule has 0 aliphatic heterocycles. The molecular weight excluding hydrogens is 286 g/mol. The van der Waals surface area contributed by atoms with E-state index >= 15 is 0 Å². The van der Waals surface area contributed by atoms with E-state index in [0.717, 1.165) is 5.56 Å². The summed E-state index contributed by atoms with van der Waals surface area (Å²) in [4.78, 5) is 12.0. The lowest BCUT2D eigenvalue weighted by Crippen LogP contribution is -2.14. The molecule has 3 N–H and O–H groups in total. The molecule has 0 aromatic carbocycles. The fourth-order valence-corrected chi connectivity index (χ4v) is 1.76. The number of H-pyrrole nitrogens is 2. The number of hydrogen-bond donors (Lipinski definition) is 3. The summed E-state index contributed by atoms with van der Waals surface area (Å²) in [6.45, 7) is 4.02. The van der Waals surface area contributed by atoms with E-state index in [-0.39, 0.29) is 11.8 Å². The molecule has 2 rings (SSSR count). The molecule has 2 heterocycles. The Morgan fingerprint density at radius 1 is 1.35 bits per heavy atom. The summed E-state index contributed by atoms with van der Waals surface area (Å²) in [7, 11) is 0. The van der Waals surface area contributed by atoms with Gasteiger partial charge in [-0.25, -0.2) is 0 Å². The first-order chi connectivity index (χ1) is 8.09. The molecule has 6 nitrogen and oxygen atoms in total. The maximum absolute atomic E-state index is 12.0. The summed E-state index contributed by atoms with van der Waals surface area (Å²) in [5.74, 6) is 0.00981. The van der Waals surface area contributed by atoms with Gasteiger partial charge < -0.3 is 5.32 Å². The maximum Gasteiger partial charge on any atom is 0.274 e. The Labute approximate surface area is 106 Å². The van der Waals surface area contributed by atoms with Crippen LogP contribution in [0.15, 0.2) is 17.0 Å². The molecule has 2 aromatic rings. The Morgan fingerprint density at radius 3 is 2.65 bits per heavy atom. The van der Waals surface area contributed by atoms with Crippen LogP contribution in [-0.4, -0.2) is 26.3 Å². The van der Waals surface area contributed by atoms with Gasteiger partial charge in [-0.2, -0.15) is 10.2 Å². The normalized spacial score (nSPS) is 10.8. The molecule has 0 saturated carbocycles. The minimum atomic E-state index is -0.228. The lowest BCUT2D eigenvalue weighted by Gasteiger charge is -2.06. The van der Waals surface area contributed by atoms with Crippen LogP contribution in [0, 0.1) is 0 Å². The number of amides is 1. The van der Waals surface area contributed by atoms with E-state index in [9.17, 15) is 4.79 Å². The smallest absolute Gasteiger partial charge is 0.274 e. The van der Waals surface area contributed by atoms with Gasteiger partial charge >= 0.3 is 0 Å². The van der Waals surface area contributed by atoms with Crippen LogP contribution in [0.2, 0.25) is 0 Å². The van der Waals surface area contributed by atoms with Crippen molar-refractivity contribution in [1.29, 1.82) is 0 Å². The van der Waals surface area contributed by atoms with Crippen LogP contribution in [0.4, 0.5) is 5.69 Å². The molecule has 2 aromatic heterocycles. The zero-order chi connectivity index (χ0) is 12.4. The number of aromatic amines is 2. The Hall–Kier alpha value is -1.63. The van der Waals surface area contributed by atoms with Crippen molar-refractivity contribution in [3.8, 4) is 0 Å². The van der Waals surface area contributed by atoms with Crippen LogP contribution in [0.5, 0.6) is 0 Å². The van der Waals surface area contributed by atoms with Crippen LogP contribution < -0.4 is 5.32 Å². The third-order valence-electron chi connectivity index (χ3n) is 2.36. The van der Waals surface area contributed by atoms with E-state index in [1.807, 2.05) is 13.8 Å². The summed E-state index contributed by atoms with van der Waals surface area (Å²) in [5, 5.41) is 15.8. The van der Waals surface area contributed by atoms with Crippen LogP contribution >= 0.6 is 15.9 Å². The van der Waals surface area contributed by atoms with Crippen molar-refractivity contribution >= 4 is 27.5 Å². The highest BCUT2D eigenvalue weighted by Gasteiger charge is 2.17. The zero-order valence-electron chi connectivity index (χ0n) is 9.41. The van der Waals surface area contributed by atoms with Crippen LogP contribution in [-0.2, 0) is 0 Å². The van der Waals surface area contributed by atoms with E-state index in [4.69, 9.17) is 0 Å². The number of halogens is 1. The lowest BCUT2D eigenvalue weighted by molar-refractivity contribution is 0.102. The van der Waals surface area contributed by atoms with Crippen molar-refractivity contribution in [1.82, 2.24) is 20.4 Å². The van der Waals surface area contributed by atoms with Gasteiger partial charge in [0.1, 0.15) is 10.3 Å². The standard InChI is InChI=1S/C10H12BrN5O/c1-5(2)6-3-12-15-8(6)10(17)14-7-4-13-16-9(7)11/h3-5H,1-2H3,(H,12,15)(H,13,16)(H,14,17). The minimum Gasteiger partial charge on any atom is -0.317 e. The van der Waals surface area contributed by atoms with Gasteiger partial charge in [0.05, 0.1) is 18.1 Å². The number of carbonyl (C=O) groups is 1. The third-order valence-corrected chi connectivity index (χ3v) is 2.96. The fourth-order valence-electron chi connectivity index (χ4n) is 1.46. The number of carbonyl (C=O) groups excluding carboxylic acids is 1. The summed E-state index contributed by atoms with van der Waals surface area (Å²) >= 11 is 3.25. The van der Waals surface area contributed by atoms with Gasteiger partial charge in [0, 0.05) is 5.56 Å². The second-order valence-electron chi connectivity index (χ2n) is 3.91. The average molecular weight is 298 g/mol. The molecule has 0 aliphatic carbocycles. The SMILES string of the molecule is CC(C)c1cn[nH]c1C(=O)Nc1cn[nH]c1Br. The number of rotatable bonds is 3. The molecule has 0 aliphatic rings. The molecular formula is C10H12BrN5O. The number of anilines is 1.